The van der Waals surface area contributed by atoms with E-state index in [9.17, 15) is 5.11 Å². The van der Waals surface area contributed by atoms with Crippen molar-refractivity contribution in [3.05, 3.63) is 47.3 Å². The fraction of sp³-hybridized carbons (Fsp3) is 0.412. The number of imidazole rings is 2. The van der Waals surface area contributed by atoms with Crippen LogP contribution in [0.2, 0.25) is 0 Å². The van der Waals surface area contributed by atoms with Crippen LogP contribution in [-0.4, -0.2) is 30.3 Å². The molecule has 1 atom stereocenters. The summed E-state index contributed by atoms with van der Waals surface area (Å²) in [5.41, 5.74) is 6.63. The van der Waals surface area contributed by atoms with E-state index in [1.165, 1.54) is 11.1 Å². The van der Waals surface area contributed by atoms with E-state index in [0.29, 0.717) is 13.1 Å². The number of benzene rings is 1. The number of hydrogen-bond donors (Lipinski definition) is 1. The van der Waals surface area contributed by atoms with Gasteiger partial charge in [0.05, 0.1) is 48.6 Å². The van der Waals surface area contributed by atoms with Crippen molar-refractivity contribution < 1.29 is 5.11 Å². The van der Waals surface area contributed by atoms with Crippen molar-refractivity contribution in [3.63, 3.8) is 0 Å². The Kier molecular flexibility index (Phi) is 3.74. The highest BCUT2D eigenvalue weighted by atomic mass is 16.3. The normalized spacial score (nSPS) is 13.0. The molecular weight excluding hydrogens is 276 g/mol. The first-order valence-electron chi connectivity index (χ1n) is 7.54. The molecule has 0 aliphatic heterocycles. The molecule has 3 rings (SSSR count). The molecule has 1 N–H and O–H groups in total. The molecule has 2 aromatic heterocycles. The highest BCUT2D eigenvalue weighted by molar-refractivity contribution is 5.77. The second-order valence-corrected chi connectivity index (χ2v) is 6.04. The summed E-state index contributed by atoms with van der Waals surface area (Å²) in [6, 6.07) is 4.23. The van der Waals surface area contributed by atoms with Gasteiger partial charge in [-0.1, -0.05) is 0 Å². The van der Waals surface area contributed by atoms with E-state index in [2.05, 4.69) is 35.9 Å². The lowest BCUT2D eigenvalue weighted by molar-refractivity contribution is 0.135. The number of aromatic nitrogens is 4. The van der Waals surface area contributed by atoms with Gasteiger partial charge in [-0.2, -0.15) is 0 Å². The molecule has 0 fully saturated rings. The van der Waals surface area contributed by atoms with Crippen molar-refractivity contribution in [1.82, 2.24) is 19.1 Å². The second-order valence-electron chi connectivity index (χ2n) is 6.04. The first-order valence-corrected chi connectivity index (χ1v) is 7.54. The van der Waals surface area contributed by atoms with Crippen LogP contribution in [0.4, 0.5) is 0 Å². The molecule has 2 heterocycles. The Bertz CT molecular complexity index is 816. The molecule has 116 valence electrons. The number of nitrogens with zero attached hydrogens (tertiary/aromatic N) is 4. The number of fused-ring (bicyclic) bond motifs is 1. The van der Waals surface area contributed by atoms with Crippen LogP contribution < -0.4 is 0 Å². The minimum absolute atomic E-state index is 0.480. The van der Waals surface area contributed by atoms with Crippen LogP contribution in [0.3, 0.4) is 0 Å². The number of aryl methyl sites for hydroxylation is 3. The molecular formula is C17H22N4O. The predicted octanol–water partition coefficient (Wildman–Crippen LogP) is 2.53. The lowest BCUT2D eigenvalue weighted by Crippen LogP contribution is -2.22. The third-order valence-electron chi connectivity index (χ3n) is 4.40. The molecule has 0 radical (unpaired) electrons. The van der Waals surface area contributed by atoms with Gasteiger partial charge in [0.1, 0.15) is 0 Å². The van der Waals surface area contributed by atoms with Gasteiger partial charge in [-0.05, 0) is 51.0 Å². The molecule has 22 heavy (non-hydrogen) atoms. The maximum absolute atomic E-state index is 10.4. The van der Waals surface area contributed by atoms with Gasteiger partial charge in [0.15, 0.2) is 0 Å². The molecule has 1 aromatic carbocycles. The zero-order valence-electron chi connectivity index (χ0n) is 13.5. The van der Waals surface area contributed by atoms with Crippen LogP contribution in [0.1, 0.15) is 22.5 Å². The Morgan fingerprint density at radius 3 is 2.27 bits per heavy atom. The van der Waals surface area contributed by atoms with Gasteiger partial charge < -0.3 is 14.2 Å². The average Bonchev–Trinajstić information content (AvgIpc) is 2.98. The van der Waals surface area contributed by atoms with Crippen molar-refractivity contribution in [2.45, 2.75) is 46.9 Å². The van der Waals surface area contributed by atoms with Crippen molar-refractivity contribution in [1.29, 1.82) is 0 Å². The summed E-state index contributed by atoms with van der Waals surface area (Å²) in [7, 11) is 0. The quantitative estimate of drug-likeness (QED) is 0.805. The molecule has 0 amide bonds. The largest absolute Gasteiger partial charge is 0.389 e. The van der Waals surface area contributed by atoms with E-state index in [0.717, 1.165) is 22.4 Å². The first kappa shape index (κ1) is 14.8. The minimum atomic E-state index is -0.480. The number of rotatable bonds is 4. The predicted molar refractivity (Wildman–Crippen MR) is 86.9 cm³/mol. The third kappa shape index (κ3) is 2.64. The van der Waals surface area contributed by atoms with Crippen molar-refractivity contribution in [3.8, 4) is 0 Å². The van der Waals surface area contributed by atoms with Gasteiger partial charge in [-0.25, -0.2) is 9.97 Å². The Hall–Kier alpha value is -2.14. The molecule has 0 bridgehead atoms. The van der Waals surface area contributed by atoms with Gasteiger partial charge in [-0.3, -0.25) is 0 Å². The van der Waals surface area contributed by atoms with Crippen LogP contribution in [-0.2, 0) is 13.1 Å². The second kappa shape index (κ2) is 5.57. The molecule has 3 aromatic rings. The molecule has 1 unspecified atom stereocenters. The van der Waals surface area contributed by atoms with Crippen molar-refractivity contribution in [2.24, 2.45) is 0 Å². The van der Waals surface area contributed by atoms with E-state index in [1.807, 2.05) is 23.0 Å². The molecule has 0 saturated heterocycles. The summed E-state index contributed by atoms with van der Waals surface area (Å²) in [6.45, 7) is 9.25. The summed E-state index contributed by atoms with van der Waals surface area (Å²) in [4.78, 5) is 8.71. The van der Waals surface area contributed by atoms with Gasteiger partial charge in [0.25, 0.3) is 0 Å². The average molecular weight is 298 g/mol. The summed E-state index contributed by atoms with van der Waals surface area (Å²) >= 11 is 0. The summed E-state index contributed by atoms with van der Waals surface area (Å²) < 4.78 is 4.01. The van der Waals surface area contributed by atoms with Gasteiger partial charge in [-0.15, -0.1) is 0 Å². The maximum atomic E-state index is 10.4. The van der Waals surface area contributed by atoms with Crippen LogP contribution in [0.25, 0.3) is 11.0 Å². The Morgan fingerprint density at radius 2 is 1.59 bits per heavy atom. The standard InChI is InChI=1S/C17H22N4O/c1-11-5-16-17(6-12(11)2)21(10-19-16)8-15(22)7-20-9-18-13(3)14(20)4/h5-6,9-10,15,22H,7-8H2,1-4H3. The molecule has 5 heteroatoms. The first-order chi connectivity index (χ1) is 10.5. The van der Waals surface area contributed by atoms with E-state index in [-0.39, 0.29) is 0 Å². The molecule has 0 spiro atoms. The summed E-state index contributed by atoms with van der Waals surface area (Å²) in [5.74, 6) is 0. The van der Waals surface area contributed by atoms with Crippen molar-refractivity contribution >= 4 is 11.0 Å². The molecule has 0 aliphatic carbocycles. The monoisotopic (exact) mass is 298 g/mol. The van der Waals surface area contributed by atoms with Crippen molar-refractivity contribution in [2.75, 3.05) is 0 Å². The zero-order chi connectivity index (χ0) is 15.9. The topological polar surface area (TPSA) is 55.9 Å². The third-order valence-corrected chi connectivity index (χ3v) is 4.40. The van der Waals surface area contributed by atoms with E-state index in [1.54, 1.807) is 12.7 Å². The number of hydrogen-bond acceptors (Lipinski definition) is 3. The van der Waals surface area contributed by atoms with Crippen LogP contribution >= 0.6 is 0 Å². The SMILES string of the molecule is Cc1cc2ncn(CC(O)Cn3cnc(C)c3C)c2cc1C. The van der Waals surface area contributed by atoms with E-state index in [4.69, 9.17) is 0 Å². The fourth-order valence-corrected chi connectivity index (χ4v) is 2.70. The summed E-state index contributed by atoms with van der Waals surface area (Å²) in [6.07, 6.45) is 3.11. The smallest absolute Gasteiger partial charge is 0.0959 e. The molecule has 5 nitrogen and oxygen atoms in total. The Labute approximate surface area is 130 Å². The lowest BCUT2D eigenvalue weighted by Gasteiger charge is -2.14. The fourth-order valence-electron chi connectivity index (χ4n) is 2.70. The highest BCUT2D eigenvalue weighted by Gasteiger charge is 2.12. The summed E-state index contributed by atoms with van der Waals surface area (Å²) in [5, 5.41) is 10.4. The Balaban J connectivity index is 1.81. The van der Waals surface area contributed by atoms with Gasteiger partial charge >= 0.3 is 0 Å². The highest BCUT2D eigenvalue weighted by Crippen LogP contribution is 2.19. The maximum Gasteiger partial charge on any atom is 0.0959 e. The minimum Gasteiger partial charge on any atom is -0.389 e. The number of aliphatic hydroxyl groups excluding tert-OH is 1. The van der Waals surface area contributed by atoms with E-state index < -0.39 is 6.10 Å². The van der Waals surface area contributed by atoms with Crippen LogP contribution in [0, 0.1) is 27.7 Å². The molecule has 0 aliphatic rings. The lowest BCUT2D eigenvalue weighted by atomic mass is 10.1. The van der Waals surface area contributed by atoms with E-state index >= 15 is 0 Å². The Morgan fingerprint density at radius 1 is 0.955 bits per heavy atom. The zero-order valence-corrected chi connectivity index (χ0v) is 13.5. The van der Waals surface area contributed by atoms with Gasteiger partial charge in [0.2, 0.25) is 0 Å². The number of aliphatic hydroxyl groups is 1. The van der Waals surface area contributed by atoms with Crippen LogP contribution in [0.15, 0.2) is 24.8 Å². The van der Waals surface area contributed by atoms with Crippen LogP contribution in [0.5, 0.6) is 0 Å². The van der Waals surface area contributed by atoms with Gasteiger partial charge in [0, 0.05) is 5.69 Å². The molecule has 0 saturated carbocycles.